The Morgan fingerprint density at radius 3 is 2.79 bits per heavy atom. The summed E-state index contributed by atoms with van der Waals surface area (Å²) in [6, 6.07) is 9.95. The van der Waals surface area contributed by atoms with E-state index in [4.69, 9.17) is 0 Å². The Morgan fingerprint density at radius 2 is 2.05 bits per heavy atom. The van der Waals surface area contributed by atoms with Gasteiger partial charge in [0.15, 0.2) is 0 Å². The standard InChI is InChI=1S/C13H9Br2NOS2/c14-8-7-11(19-12(8)15)13(17)16-5-6-18-10-4-2-1-3-9(10)16/h1-4,7H,5-6H2. The zero-order chi connectivity index (χ0) is 13.4. The van der Waals surface area contributed by atoms with E-state index in [9.17, 15) is 4.79 Å². The van der Waals surface area contributed by atoms with E-state index in [-0.39, 0.29) is 5.91 Å². The number of thiophene rings is 1. The van der Waals surface area contributed by atoms with E-state index in [0.29, 0.717) is 0 Å². The molecule has 1 aromatic heterocycles. The summed E-state index contributed by atoms with van der Waals surface area (Å²) < 4.78 is 1.89. The minimum atomic E-state index is 0.0733. The molecule has 0 radical (unpaired) electrons. The fraction of sp³-hybridized carbons (Fsp3) is 0.154. The number of carbonyl (C=O) groups excluding carboxylic acids is 1. The predicted octanol–water partition coefficient (Wildman–Crippen LogP) is 5.03. The Balaban J connectivity index is 1.97. The van der Waals surface area contributed by atoms with Gasteiger partial charge in [0, 0.05) is 21.7 Å². The molecule has 0 bridgehead atoms. The van der Waals surface area contributed by atoms with Crippen LogP contribution in [0.1, 0.15) is 9.67 Å². The van der Waals surface area contributed by atoms with Crippen molar-refractivity contribution in [2.75, 3.05) is 17.2 Å². The molecule has 19 heavy (non-hydrogen) atoms. The van der Waals surface area contributed by atoms with E-state index >= 15 is 0 Å². The Hall–Kier alpha value is -0.300. The van der Waals surface area contributed by atoms with Crippen LogP contribution >= 0.6 is 55.0 Å². The van der Waals surface area contributed by atoms with Crippen molar-refractivity contribution >= 4 is 66.6 Å². The van der Waals surface area contributed by atoms with Crippen molar-refractivity contribution in [3.8, 4) is 0 Å². The van der Waals surface area contributed by atoms with Crippen LogP contribution in [0.25, 0.3) is 0 Å². The number of hydrogen-bond acceptors (Lipinski definition) is 3. The molecule has 0 saturated heterocycles. The lowest BCUT2D eigenvalue weighted by Gasteiger charge is -2.28. The van der Waals surface area contributed by atoms with E-state index in [2.05, 4.69) is 37.9 Å². The highest BCUT2D eigenvalue weighted by molar-refractivity contribution is 9.13. The SMILES string of the molecule is O=C(c1cc(Br)c(Br)s1)N1CCSc2ccccc21. The van der Waals surface area contributed by atoms with Crippen molar-refractivity contribution in [2.24, 2.45) is 0 Å². The maximum Gasteiger partial charge on any atom is 0.268 e. The van der Waals surface area contributed by atoms with Crippen LogP contribution in [0.4, 0.5) is 5.69 Å². The van der Waals surface area contributed by atoms with E-state index in [1.165, 1.54) is 16.2 Å². The van der Waals surface area contributed by atoms with E-state index < -0.39 is 0 Å². The van der Waals surface area contributed by atoms with Crippen LogP contribution in [-0.2, 0) is 0 Å². The van der Waals surface area contributed by atoms with Crippen molar-refractivity contribution in [2.45, 2.75) is 4.90 Å². The number of amides is 1. The molecular weight excluding hydrogens is 410 g/mol. The van der Waals surface area contributed by atoms with Crippen molar-refractivity contribution in [1.29, 1.82) is 0 Å². The van der Waals surface area contributed by atoms with Gasteiger partial charge in [-0.15, -0.1) is 23.1 Å². The van der Waals surface area contributed by atoms with Gasteiger partial charge in [-0.1, -0.05) is 12.1 Å². The molecule has 0 fully saturated rings. The van der Waals surface area contributed by atoms with Gasteiger partial charge in [-0.05, 0) is 50.1 Å². The molecule has 1 aliphatic rings. The van der Waals surface area contributed by atoms with Gasteiger partial charge in [0.25, 0.3) is 5.91 Å². The Bertz CT molecular complexity index is 622. The van der Waals surface area contributed by atoms with Gasteiger partial charge < -0.3 is 4.90 Å². The van der Waals surface area contributed by atoms with Gasteiger partial charge in [-0.3, -0.25) is 4.79 Å². The highest BCUT2D eigenvalue weighted by atomic mass is 79.9. The van der Waals surface area contributed by atoms with E-state index in [1.807, 2.05) is 29.2 Å². The third kappa shape index (κ3) is 2.63. The summed E-state index contributed by atoms with van der Waals surface area (Å²) in [4.78, 5) is 16.4. The summed E-state index contributed by atoms with van der Waals surface area (Å²) in [5.41, 5.74) is 1.02. The quantitative estimate of drug-likeness (QED) is 0.647. The lowest BCUT2D eigenvalue weighted by atomic mass is 10.2. The molecule has 0 atom stereocenters. The first kappa shape index (κ1) is 13.7. The molecule has 0 N–H and O–H groups in total. The van der Waals surface area contributed by atoms with E-state index in [0.717, 1.165) is 31.1 Å². The number of rotatable bonds is 1. The highest BCUT2D eigenvalue weighted by Gasteiger charge is 2.25. The lowest BCUT2D eigenvalue weighted by molar-refractivity contribution is 0.0991. The van der Waals surface area contributed by atoms with Gasteiger partial charge >= 0.3 is 0 Å². The summed E-state index contributed by atoms with van der Waals surface area (Å²) >= 11 is 10.1. The smallest absolute Gasteiger partial charge is 0.268 e. The molecule has 1 amide bonds. The van der Waals surface area contributed by atoms with Crippen molar-refractivity contribution in [3.63, 3.8) is 0 Å². The molecule has 6 heteroatoms. The second-order valence-corrected chi connectivity index (χ2v) is 8.37. The van der Waals surface area contributed by atoms with E-state index in [1.54, 1.807) is 11.8 Å². The molecule has 2 nitrogen and oxygen atoms in total. The monoisotopic (exact) mass is 417 g/mol. The molecule has 98 valence electrons. The fourth-order valence-electron chi connectivity index (χ4n) is 1.97. The summed E-state index contributed by atoms with van der Waals surface area (Å²) in [5.74, 6) is 1.01. The molecule has 3 rings (SSSR count). The van der Waals surface area contributed by atoms with Gasteiger partial charge in [-0.2, -0.15) is 0 Å². The molecule has 2 heterocycles. The van der Waals surface area contributed by atoms with Crippen LogP contribution in [0, 0.1) is 0 Å². The average Bonchev–Trinajstić information content (AvgIpc) is 2.77. The van der Waals surface area contributed by atoms with Crippen LogP contribution in [0.5, 0.6) is 0 Å². The normalized spacial score (nSPS) is 14.3. The van der Waals surface area contributed by atoms with Crippen molar-refractivity contribution < 1.29 is 4.79 Å². The molecule has 0 unspecified atom stereocenters. The molecule has 0 saturated carbocycles. The number of fused-ring (bicyclic) bond motifs is 1. The zero-order valence-electron chi connectivity index (χ0n) is 9.73. The minimum Gasteiger partial charge on any atom is -0.306 e. The summed E-state index contributed by atoms with van der Waals surface area (Å²) in [5, 5.41) is 0. The third-order valence-corrected chi connectivity index (χ3v) is 7.12. The van der Waals surface area contributed by atoms with Crippen LogP contribution < -0.4 is 4.90 Å². The number of para-hydroxylation sites is 1. The van der Waals surface area contributed by atoms with Crippen LogP contribution in [0.2, 0.25) is 0 Å². The Kier molecular flexibility index (Phi) is 4.03. The van der Waals surface area contributed by atoms with Crippen molar-refractivity contribution in [3.05, 3.63) is 43.5 Å². The summed E-state index contributed by atoms with van der Waals surface area (Å²) in [6.45, 7) is 0.758. The van der Waals surface area contributed by atoms with Gasteiger partial charge in [0.2, 0.25) is 0 Å². The number of benzene rings is 1. The van der Waals surface area contributed by atoms with Gasteiger partial charge in [-0.25, -0.2) is 0 Å². The zero-order valence-corrected chi connectivity index (χ0v) is 14.5. The highest BCUT2D eigenvalue weighted by Crippen LogP contribution is 2.37. The maximum absolute atomic E-state index is 12.6. The Labute approximate surface area is 136 Å². The molecular formula is C13H9Br2NOS2. The molecule has 1 aliphatic heterocycles. The van der Waals surface area contributed by atoms with Crippen molar-refractivity contribution in [1.82, 2.24) is 0 Å². The first-order valence-electron chi connectivity index (χ1n) is 5.65. The number of nitrogens with zero attached hydrogens (tertiary/aromatic N) is 1. The van der Waals surface area contributed by atoms with Gasteiger partial charge in [0.05, 0.1) is 14.4 Å². The molecule has 0 aliphatic carbocycles. The van der Waals surface area contributed by atoms with Gasteiger partial charge in [0.1, 0.15) is 0 Å². The number of carbonyl (C=O) groups is 1. The first-order chi connectivity index (χ1) is 9.16. The summed E-state index contributed by atoms with van der Waals surface area (Å²) in [6.07, 6.45) is 0. The molecule has 2 aromatic rings. The summed E-state index contributed by atoms with van der Waals surface area (Å²) in [7, 11) is 0. The number of thioether (sulfide) groups is 1. The largest absolute Gasteiger partial charge is 0.306 e. The predicted molar refractivity (Wildman–Crippen MR) is 88.6 cm³/mol. The second kappa shape index (κ2) is 5.60. The van der Waals surface area contributed by atoms with Crippen LogP contribution in [0.3, 0.4) is 0 Å². The number of anilines is 1. The maximum atomic E-state index is 12.6. The fourth-order valence-corrected chi connectivity index (χ4v) is 4.94. The molecule has 0 spiro atoms. The third-order valence-electron chi connectivity index (χ3n) is 2.83. The van der Waals surface area contributed by atoms with Crippen LogP contribution in [0.15, 0.2) is 43.5 Å². The number of halogens is 2. The number of hydrogen-bond donors (Lipinski definition) is 0. The molecule has 1 aromatic carbocycles. The first-order valence-corrected chi connectivity index (χ1v) is 9.04. The lowest BCUT2D eigenvalue weighted by Crippen LogP contribution is -2.34. The second-order valence-electron chi connectivity index (χ2n) is 4.01. The minimum absolute atomic E-state index is 0.0733. The topological polar surface area (TPSA) is 20.3 Å². The Morgan fingerprint density at radius 1 is 1.26 bits per heavy atom. The van der Waals surface area contributed by atoms with Crippen LogP contribution in [-0.4, -0.2) is 18.2 Å². The average molecular weight is 419 g/mol.